The normalized spacial score (nSPS) is 13.1. The first kappa shape index (κ1) is 14.0. The van der Waals surface area contributed by atoms with Crippen LogP contribution < -0.4 is 4.74 Å². The molecular formula is C18H13NO3S. The largest absolute Gasteiger partial charge is 0.488 e. The predicted octanol–water partition coefficient (Wildman–Crippen LogP) is 3.82. The molecule has 0 N–H and O–H groups in total. The second kappa shape index (κ2) is 5.85. The zero-order chi connectivity index (χ0) is 15.6. The number of nitrogens with zero attached hydrogens (tertiary/aromatic N) is 1. The van der Waals surface area contributed by atoms with E-state index in [1.165, 1.54) is 11.3 Å². The zero-order valence-corrected chi connectivity index (χ0v) is 13.0. The van der Waals surface area contributed by atoms with E-state index in [0.29, 0.717) is 5.57 Å². The summed E-state index contributed by atoms with van der Waals surface area (Å²) in [4.78, 5) is 16.7. The monoisotopic (exact) mass is 323 g/mol. The van der Waals surface area contributed by atoms with Gasteiger partial charge in [0.1, 0.15) is 24.0 Å². The Kier molecular flexibility index (Phi) is 3.55. The van der Waals surface area contributed by atoms with Gasteiger partial charge in [0.2, 0.25) is 0 Å². The molecule has 3 aromatic rings. The Morgan fingerprint density at radius 2 is 2.00 bits per heavy atom. The van der Waals surface area contributed by atoms with Crippen LogP contribution in [0.3, 0.4) is 0 Å². The lowest BCUT2D eigenvalue weighted by atomic mass is 10.1. The molecule has 2 aromatic carbocycles. The first-order valence-corrected chi connectivity index (χ1v) is 8.05. The minimum absolute atomic E-state index is 0.178. The van der Waals surface area contributed by atoms with E-state index in [1.807, 2.05) is 54.6 Å². The number of hydrogen-bond donors (Lipinski definition) is 0. The fourth-order valence-electron chi connectivity index (χ4n) is 2.44. The summed E-state index contributed by atoms with van der Waals surface area (Å²) in [7, 11) is 0. The third kappa shape index (κ3) is 2.83. The molecule has 0 saturated carbocycles. The molecule has 1 aliphatic rings. The van der Waals surface area contributed by atoms with Crippen molar-refractivity contribution >= 4 is 33.6 Å². The Labute approximate surface area is 137 Å². The molecule has 114 valence electrons. The molecule has 5 heteroatoms. The number of ether oxygens (including phenoxy) is 2. The van der Waals surface area contributed by atoms with Crippen LogP contribution in [-0.4, -0.2) is 17.6 Å². The van der Waals surface area contributed by atoms with Gasteiger partial charge in [-0.1, -0.05) is 30.3 Å². The molecule has 0 atom stereocenters. The van der Waals surface area contributed by atoms with E-state index in [1.54, 1.807) is 0 Å². The Hall–Kier alpha value is -2.66. The first-order chi connectivity index (χ1) is 11.3. The number of benzene rings is 2. The highest BCUT2D eigenvalue weighted by molar-refractivity contribution is 7.18. The number of para-hydroxylation sites is 2. The number of carbonyl (C=O) groups excluding carboxylic acids is 1. The number of thiazole rings is 1. The van der Waals surface area contributed by atoms with Crippen LogP contribution in [0.25, 0.3) is 16.3 Å². The number of aromatic nitrogens is 1. The molecule has 1 aliphatic heterocycles. The molecule has 0 radical (unpaired) electrons. The van der Waals surface area contributed by atoms with Gasteiger partial charge >= 0.3 is 5.97 Å². The van der Waals surface area contributed by atoms with E-state index in [9.17, 15) is 4.79 Å². The summed E-state index contributed by atoms with van der Waals surface area (Å²) in [5.74, 6) is 0.425. The summed E-state index contributed by atoms with van der Waals surface area (Å²) in [6.07, 6.45) is 1.82. The van der Waals surface area contributed by atoms with Crippen LogP contribution in [0.1, 0.15) is 10.6 Å². The number of hydrogen-bond acceptors (Lipinski definition) is 5. The van der Waals surface area contributed by atoms with E-state index < -0.39 is 0 Å². The topological polar surface area (TPSA) is 48.4 Å². The van der Waals surface area contributed by atoms with Crippen LogP contribution in [-0.2, 0) is 16.1 Å². The quantitative estimate of drug-likeness (QED) is 0.688. The van der Waals surface area contributed by atoms with Crippen molar-refractivity contribution in [3.05, 3.63) is 64.7 Å². The molecule has 4 nitrogen and oxygen atoms in total. The van der Waals surface area contributed by atoms with Gasteiger partial charge in [0.05, 0.1) is 15.8 Å². The summed E-state index contributed by atoms with van der Waals surface area (Å²) in [5, 5.41) is 0.789. The van der Waals surface area contributed by atoms with Gasteiger partial charge in [-0.2, -0.15) is 0 Å². The average Bonchev–Trinajstić information content (AvgIpc) is 3.02. The highest BCUT2D eigenvalue weighted by Crippen LogP contribution is 2.27. The molecule has 4 rings (SSSR count). The summed E-state index contributed by atoms with van der Waals surface area (Å²) < 4.78 is 12.0. The molecular weight excluding hydrogens is 310 g/mol. The van der Waals surface area contributed by atoms with E-state index in [2.05, 4.69) is 4.98 Å². The second-order valence-corrected chi connectivity index (χ2v) is 6.26. The van der Waals surface area contributed by atoms with Crippen LogP contribution in [0.15, 0.2) is 54.1 Å². The van der Waals surface area contributed by atoms with E-state index >= 15 is 0 Å². The Balaban J connectivity index is 1.47. The van der Waals surface area contributed by atoms with Crippen molar-refractivity contribution in [3.8, 4) is 5.75 Å². The molecule has 0 bridgehead atoms. The molecule has 1 aromatic heterocycles. The van der Waals surface area contributed by atoms with Crippen molar-refractivity contribution in [2.75, 3.05) is 6.61 Å². The molecule has 0 saturated heterocycles. The maximum absolute atomic E-state index is 12.2. The van der Waals surface area contributed by atoms with Gasteiger partial charge in [-0.15, -0.1) is 11.3 Å². The summed E-state index contributed by atoms with van der Waals surface area (Å²) in [5.41, 5.74) is 2.34. The first-order valence-electron chi connectivity index (χ1n) is 7.23. The van der Waals surface area contributed by atoms with E-state index in [-0.39, 0.29) is 19.2 Å². The van der Waals surface area contributed by atoms with Crippen LogP contribution in [0.4, 0.5) is 0 Å². The van der Waals surface area contributed by atoms with Crippen molar-refractivity contribution in [2.45, 2.75) is 6.61 Å². The van der Waals surface area contributed by atoms with Gasteiger partial charge in [0.25, 0.3) is 0 Å². The lowest BCUT2D eigenvalue weighted by Gasteiger charge is -2.16. The molecule has 0 amide bonds. The SMILES string of the molecule is O=C(OCc1nc2ccccc2s1)C1=Cc2ccccc2OC1. The van der Waals surface area contributed by atoms with Crippen LogP contribution in [0.5, 0.6) is 5.75 Å². The number of carbonyl (C=O) groups is 1. The van der Waals surface area contributed by atoms with Gasteiger partial charge in [0, 0.05) is 5.56 Å². The lowest BCUT2D eigenvalue weighted by molar-refractivity contribution is -0.140. The number of esters is 1. The fourth-order valence-corrected chi connectivity index (χ4v) is 3.32. The minimum Gasteiger partial charge on any atom is -0.488 e. The van der Waals surface area contributed by atoms with E-state index in [0.717, 1.165) is 26.5 Å². The molecule has 23 heavy (non-hydrogen) atoms. The third-order valence-corrected chi connectivity index (χ3v) is 4.57. The van der Waals surface area contributed by atoms with Crippen LogP contribution in [0.2, 0.25) is 0 Å². The van der Waals surface area contributed by atoms with Crippen molar-refractivity contribution in [1.29, 1.82) is 0 Å². The van der Waals surface area contributed by atoms with Gasteiger partial charge < -0.3 is 9.47 Å². The highest BCUT2D eigenvalue weighted by Gasteiger charge is 2.18. The maximum atomic E-state index is 12.2. The van der Waals surface area contributed by atoms with Crippen molar-refractivity contribution in [1.82, 2.24) is 4.98 Å². The lowest BCUT2D eigenvalue weighted by Crippen LogP contribution is -2.17. The standard InChI is InChI=1S/C18H13NO3S/c20-18(13-9-12-5-1-3-7-15(12)21-10-13)22-11-17-19-14-6-2-4-8-16(14)23-17/h1-9H,10-11H2. The van der Waals surface area contributed by atoms with Gasteiger partial charge in [-0.05, 0) is 24.3 Å². The molecule has 0 fully saturated rings. The van der Waals surface area contributed by atoms with Crippen molar-refractivity contribution < 1.29 is 14.3 Å². The van der Waals surface area contributed by atoms with Crippen molar-refractivity contribution in [3.63, 3.8) is 0 Å². The fraction of sp³-hybridized carbons (Fsp3) is 0.111. The Morgan fingerprint density at radius 3 is 2.91 bits per heavy atom. The molecule has 0 unspecified atom stereocenters. The smallest absolute Gasteiger partial charge is 0.337 e. The zero-order valence-electron chi connectivity index (χ0n) is 12.2. The summed E-state index contributed by atoms with van der Waals surface area (Å²) >= 11 is 1.54. The predicted molar refractivity (Wildman–Crippen MR) is 89.3 cm³/mol. The van der Waals surface area contributed by atoms with Crippen LogP contribution in [0, 0.1) is 0 Å². The van der Waals surface area contributed by atoms with Crippen molar-refractivity contribution in [2.24, 2.45) is 0 Å². The summed E-state index contributed by atoms with van der Waals surface area (Å²) in [6.45, 7) is 0.410. The second-order valence-electron chi connectivity index (χ2n) is 5.15. The van der Waals surface area contributed by atoms with Gasteiger partial charge in [0.15, 0.2) is 0 Å². The van der Waals surface area contributed by atoms with Gasteiger partial charge in [-0.3, -0.25) is 0 Å². The third-order valence-electron chi connectivity index (χ3n) is 3.56. The molecule has 2 heterocycles. The highest BCUT2D eigenvalue weighted by atomic mass is 32.1. The van der Waals surface area contributed by atoms with Crippen LogP contribution >= 0.6 is 11.3 Å². The Bertz CT molecular complexity index is 880. The number of rotatable bonds is 3. The Morgan fingerprint density at radius 1 is 1.17 bits per heavy atom. The maximum Gasteiger partial charge on any atom is 0.337 e. The molecule has 0 aliphatic carbocycles. The van der Waals surface area contributed by atoms with Gasteiger partial charge in [-0.25, -0.2) is 9.78 Å². The van der Waals surface area contributed by atoms with E-state index in [4.69, 9.17) is 9.47 Å². The number of fused-ring (bicyclic) bond motifs is 2. The summed E-state index contributed by atoms with van der Waals surface area (Å²) in [6, 6.07) is 15.5. The molecule has 0 spiro atoms. The minimum atomic E-state index is -0.362. The average molecular weight is 323 g/mol.